The van der Waals surface area contributed by atoms with Gasteiger partial charge in [0.15, 0.2) is 0 Å². The molecule has 0 aliphatic rings. The van der Waals surface area contributed by atoms with Gasteiger partial charge in [-0.2, -0.15) is 18.4 Å². The maximum Gasteiger partial charge on any atom is 0.416 e. The number of hydrogen-bond donors (Lipinski definition) is 0. The summed E-state index contributed by atoms with van der Waals surface area (Å²) in [7, 11) is 1.85. The van der Waals surface area contributed by atoms with E-state index in [1.807, 2.05) is 23.7 Å². The van der Waals surface area contributed by atoms with Gasteiger partial charge in [-0.3, -0.25) is 0 Å². The molecule has 0 aliphatic heterocycles. The van der Waals surface area contributed by atoms with E-state index in [4.69, 9.17) is 21.8 Å². The predicted octanol–water partition coefficient (Wildman–Crippen LogP) is 6.96. The molecule has 0 atom stereocenters. The van der Waals surface area contributed by atoms with Crippen molar-refractivity contribution < 1.29 is 13.2 Å². The Morgan fingerprint density at radius 3 is 1.94 bits per heavy atom. The lowest BCUT2D eigenvalue weighted by atomic mass is 10.0. The first kappa shape index (κ1) is 20.7. The Morgan fingerprint density at radius 2 is 1.39 bits per heavy atom. The molecule has 0 N–H and O–H groups in total. The molecule has 0 fully saturated rings. The van der Waals surface area contributed by atoms with Crippen LogP contribution in [0.25, 0.3) is 33.9 Å². The molecule has 0 aliphatic carbocycles. The van der Waals surface area contributed by atoms with Crippen LogP contribution in [0.3, 0.4) is 0 Å². The van der Waals surface area contributed by atoms with Crippen molar-refractivity contribution in [1.82, 2.24) is 9.55 Å². The number of hydrogen-bond acceptors (Lipinski definition) is 2. The molecule has 0 bridgehead atoms. The van der Waals surface area contributed by atoms with Gasteiger partial charge in [-0.25, -0.2) is 4.98 Å². The van der Waals surface area contributed by atoms with Crippen molar-refractivity contribution in [2.75, 3.05) is 0 Å². The normalized spacial score (nSPS) is 11.4. The molecular weight excluding hydrogens is 423 g/mol. The van der Waals surface area contributed by atoms with E-state index in [1.165, 1.54) is 12.1 Å². The van der Waals surface area contributed by atoms with E-state index in [0.717, 1.165) is 29.0 Å². The largest absolute Gasteiger partial charge is 0.416 e. The standard InChI is InChI=1S/C24H15ClF3N3/c1-31-22(17-8-12-20(25)13-9-17)21(16-6-10-19(11-7-16)24(26,27)28)30-23(31)18-4-2-15(14-29)3-5-18/h2-13H,1H3. The summed E-state index contributed by atoms with van der Waals surface area (Å²) >= 11 is 6.03. The molecular formula is C24H15ClF3N3. The van der Waals surface area contributed by atoms with Gasteiger partial charge in [-0.1, -0.05) is 35.9 Å². The van der Waals surface area contributed by atoms with Crippen LogP contribution >= 0.6 is 11.6 Å². The lowest BCUT2D eigenvalue weighted by Crippen LogP contribution is -2.04. The highest BCUT2D eigenvalue weighted by atomic mass is 35.5. The Kier molecular flexibility index (Phi) is 5.30. The summed E-state index contributed by atoms with van der Waals surface area (Å²) in [4.78, 5) is 4.76. The maximum absolute atomic E-state index is 13.0. The average Bonchev–Trinajstić information content (AvgIpc) is 3.11. The third-order valence-electron chi connectivity index (χ3n) is 4.97. The number of nitrogens with zero attached hydrogens (tertiary/aromatic N) is 3. The minimum absolute atomic E-state index is 0.527. The van der Waals surface area contributed by atoms with Gasteiger partial charge >= 0.3 is 6.18 Å². The lowest BCUT2D eigenvalue weighted by molar-refractivity contribution is -0.137. The number of halogens is 4. The van der Waals surface area contributed by atoms with Crippen LogP contribution in [-0.2, 0) is 13.2 Å². The fourth-order valence-corrected chi connectivity index (χ4v) is 3.53. The van der Waals surface area contributed by atoms with E-state index < -0.39 is 11.7 Å². The molecule has 0 radical (unpaired) electrons. The zero-order valence-electron chi connectivity index (χ0n) is 16.3. The zero-order chi connectivity index (χ0) is 22.2. The molecule has 0 saturated carbocycles. The van der Waals surface area contributed by atoms with E-state index >= 15 is 0 Å². The van der Waals surface area contributed by atoms with Gasteiger partial charge in [0.2, 0.25) is 0 Å². The van der Waals surface area contributed by atoms with Crippen LogP contribution in [0.1, 0.15) is 11.1 Å². The molecule has 31 heavy (non-hydrogen) atoms. The Balaban J connectivity index is 1.90. The number of nitriles is 1. The summed E-state index contributed by atoms with van der Waals surface area (Å²) in [5, 5.41) is 9.62. The topological polar surface area (TPSA) is 41.6 Å². The monoisotopic (exact) mass is 437 g/mol. The first-order valence-corrected chi connectivity index (χ1v) is 9.66. The van der Waals surface area contributed by atoms with Crippen molar-refractivity contribution in [1.29, 1.82) is 5.26 Å². The van der Waals surface area contributed by atoms with Crippen molar-refractivity contribution in [3.63, 3.8) is 0 Å². The van der Waals surface area contributed by atoms with E-state index in [2.05, 4.69) is 6.07 Å². The van der Waals surface area contributed by atoms with Crippen molar-refractivity contribution in [2.45, 2.75) is 6.18 Å². The SMILES string of the molecule is Cn1c(-c2ccc(C#N)cc2)nc(-c2ccc(C(F)(F)F)cc2)c1-c1ccc(Cl)cc1. The van der Waals surface area contributed by atoms with Gasteiger partial charge in [-0.15, -0.1) is 0 Å². The molecule has 7 heteroatoms. The molecule has 0 spiro atoms. The molecule has 3 aromatic carbocycles. The van der Waals surface area contributed by atoms with Crippen LogP contribution in [0.5, 0.6) is 0 Å². The Bertz CT molecular complexity index is 1260. The predicted molar refractivity (Wildman–Crippen MR) is 114 cm³/mol. The first-order valence-electron chi connectivity index (χ1n) is 9.29. The van der Waals surface area contributed by atoms with Gasteiger partial charge in [0.1, 0.15) is 5.82 Å². The highest BCUT2D eigenvalue weighted by molar-refractivity contribution is 6.30. The average molecular weight is 438 g/mol. The number of alkyl halides is 3. The molecule has 4 aromatic rings. The Labute approximate surface area is 182 Å². The summed E-state index contributed by atoms with van der Waals surface area (Å²) in [5.41, 5.74) is 3.29. The second-order valence-electron chi connectivity index (χ2n) is 6.96. The van der Waals surface area contributed by atoms with E-state index in [0.29, 0.717) is 27.7 Å². The third kappa shape index (κ3) is 4.05. The second-order valence-corrected chi connectivity index (χ2v) is 7.40. The quantitative estimate of drug-likeness (QED) is 0.347. The smallest absolute Gasteiger partial charge is 0.327 e. The number of imidazole rings is 1. The molecule has 3 nitrogen and oxygen atoms in total. The first-order chi connectivity index (χ1) is 14.8. The summed E-state index contributed by atoms with van der Waals surface area (Å²) in [5.74, 6) is 0.629. The Hall–Kier alpha value is -3.56. The molecule has 4 rings (SSSR count). The third-order valence-corrected chi connectivity index (χ3v) is 5.22. The minimum atomic E-state index is -4.41. The van der Waals surface area contributed by atoms with Crippen LogP contribution in [0, 0.1) is 11.3 Å². The number of rotatable bonds is 3. The van der Waals surface area contributed by atoms with Crippen LogP contribution in [0.15, 0.2) is 72.8 Å². The number of benzene rings is 3. The molecule has 0 unspecified atom stereocenters. The molecule has 0 saturated heterocycles. The van der Waals surface area contributed by atoms with Gasteiger partial charge < -0.3 is 4.57 Å². The molecule has 1 aromatic heterocycles. The van der Waals surface area contributed by atoms with Crippen LogP contribution in [0.2, 0.25) is 5.02 Å². The van der Waals surface area contributed by atoms with Crippen LogP contribution in [-0.4, -0.2) is 9.55 Å². The van der Waals surface area contributed by atoms with Crippen LogP contribution < -0.4 is 0 Å². The van der Waals surface area contributed by atoms with Crippen LogP contribution in [0.4, 0.5) is 13.2 Å². The fourth-order valence-electron chi connectivity index (χ4n) is 3.41. The van der Waals surface area contributed by atoms with E-state index in [9.17, 15) is 13.2 Å². The van der Waals surface area contributed by atoms with Gasteiger partial charge in [-0.05, 0) is 48.5 Å². The van der Waals surface area contributed by atoms with Gasteiger partial charge in [0.05, 0.1) is 28.6 Å². The van der Waals surface area contributed by atoms with Crippen molar-refractivity contribution in [3.8, 4) is 40.0 Å². The fraction of sp³-hybridized carbons (Fsp3) is 0.0833. The van der Waals surface area contributed by atoms with Crippen molar-refractivity contribution in [2.24, 2.45) is 7.05 Å². The maximum atomic E-state index is 13.0. The van der Waals surface area contributed by atoms with Crippen molar-refractivity contribution >= 4 is 11.6 Å². The minimum Gasteiger partial charge on any atom is -0.327 e. The summed E-state index contributed by atoms with van der Waals surface area (Å²) < 4.78 is 40.9. The summed E-state index contributed by atoms with van der Waals surface area (Å²) in [6.45, 7) is 0. The Morgan fingerprint density at radius 1 is 0.839 bits per heavy atom. The molecule has 0 amide bonds. The molecule has 1 heterocycles. The second kappa shape index (κ2) is 7.93. The van der Waals surface area contributed by atoms with Crippen molar-refractivity contribution in [3.05, 3.63) is 88.9 Å². The molecule has 154 valence electrons. The highest BCUT2D eigenvalue weighted by Crippen LogP contribution is 2.37. The van der Waals surface area contributed by atoms with E-state index in [-0.39, 0.29) is 0 Å². The highest BCUT2D eigenvalue weighted by Gasteiger charge is 2.30. The van der Waals surface area contributed by atoms with Gasteiger partial charge in [0, 0.05) is 28.8 Å². The summed E-state index contributed by atoms with van der Waals surface area (Å²) in [6, 6.07) is 21.2. The zero-order valence-corrected chi connectivity index (χ0v) is 17.0. The van der Waals surface area contributed by atoms with Gasteiger partial charge in [0.25, 0.3) is 0 Å². The van der Waals surface area contributed by atoms with E-state index in [1.54, 1.807) is 36.4 Å². The summed E-state index contributed by atoms with van der Waals surface area (Å²) in [6.07, 6.45) is -4.41. The number of aromatic nitrogens is 2. The lowest BCUT2D eigenvalue weighted by Gasteiger charge is -2.10.